The first-order valence-corrected chi connectivity index (χ1v) is 10.7. The van der Waals surface area contributed by atoms with Gasteiger partial charge in [0, 0.05) is 53.2 Å². The molecule has 1 aromatic heterocycles. The van der Waals surface area contributed by atoms with Crippen molar-refractivity contribution < 1.29 is 14.3 Å². The number of nitrogen functional groups attached to an aromatic ring is 1. The number of rotatable bonds is 7. The van der Waals surface area contributed by atoms with Crippen LogP contribution in [0.25, 0.3) is 10.9 Å². The minimum atomic E-state index is -0.121. The summed E-state index contributed by atoms with van der Waals surface area (Å²) >= 11 is 6.16. The Morgan fingerprint density at radius 3 is 2.72 bits per heavy atom. The molecule has 4 rings (SSSR count). The lowest BCUT2D eigenvalue weighted by Gasteiger charge is -2.17. The molecule has 172 valence electrons. The summed E-state index contributed by atoms with van der Waals surface area (Å²) in [5, 5.41) is 0.876. The van der Waals surface area contributed by atoms with Gasteiger partial charge in [0.2, 0.25) is 0 Å². The zero-order chi connectivity index (χ0) is 22.1. The smallest absolute Gasteiger partial charge is 0.274 e. The van der Waals surface area contributed by atoms with Crippen molar-refractivity contribution in [2.75, 3.05) is 57.4 Å². The molecule has 0 bridgehead atoms. The van der Waals surface area contributed by atoms with Gasteiger partial charge in [-0.15, -0.1) is 24.0 Å². The van der Waals surface area contributed by atoms with Gasteiger partial charge in [0.25, 0.3) is 5.91 Å². The SMILES string of the molecule is COc1cc2cc(C(=O)N3CC(CCl)c4ccc(N)cc43)[nH]c2cc1OCCN(C)C.Cl. The summed E-state index contributed by atoms with van der Waals surface area (Å²) in [6.45, 7) is 1.85. The number of H-pyrrole nitrogens is 1. The highest BCUT2D eigenvalue weighted by atomic mass is 35.5. The van der Waals surface area contributed by atoms with E-state index in [4.69, 9.17) is 26.8 Å². The lowest BCUT2D eigenvalue weighted by Crippen LogP contribution is -2.30. The van der Waals surface area contributed by atoms with Crippen LogP contribution in [0.2, 0.25) is 0 Å². The summed E-state index contributed by atoms with van der Waals surface area (Å²) in [7, 11) is 5.59. The summed E-state index contributed by atoms with van der Waals surface area (Å²) in [4.78, 5) is 20.4. The van der Waals surface area contributed by atoms with Crippen LogP contribution in [0.4, 0.5) is 11.4 Å². The number of amides is 1. The summed E-state index contributed by atoms with van der Waals surface area (Å²) in [5.41, 5.74) is 9.76. The molecule has 0 radical (unpaired) electrons. The summed E-state index contributed by atoms with van der Waals surface area (Å²) < 4.78 is 11.4. The normalized spacial score (nSPS) is 15.0. The largest absolute Gasteiger partial charge is 0.493 e. The molecule has 32 heavy (non-hydrogen) atoms. The number of halogens is 2. The molecule has 1 atom stereocenters. The Hall–Kier alpha value is -2.61. The number of carbonyl (C=O) groups is 1. The van der Waals surface area contributed by atoms with Gasteiger partial charge < -0.3 is 30.0 Å². The molecule has 9 heteroatoms. The topological polar surface area (TPSA) is 83.8 Å². The van der Waals surface area contributed by atoms with Gasteiger partial charge in [-0.3, -0.25) is 4.79 Å². The molecule has 0 fully saturated rings. The number of hydrogen-bond donors (Lipinski definition) is 2. The molecule has 1 amide bonds. The van der Waals surface area contributed by atoms with Crippen LogP contribution in [-0.4, -0.2) is 62.6 Å². The molecular weight excluding hydrogens is 451 g/mol. The number of nitrogens with zero attached hydrogens (tertiary/aromatic N) is 2. The number of aromatic nitrogens is 1. The van der Waals surface area contributed by atoms with Gasteiger partial charge in [-0.2, -0.15) is 0 Å². The van der Waals surface area contributed by atoms with E-state index in [1.807, 2.05) is 55.4 Å². The van der Waals surface area contributed by atoms with Crippen molar-refractivity contribution in [3.05, 3.63) is 47.7 Å². The zero-order valence-electron chi connectivity index (χ0n) is 18.4. The minimum Gasteiger partial charge on any atom is -0.493 e. The van der Waals surface area contributed by atoms with E-state index in [0.29, 0.717) is 41.9 Å². The van der Waals surface area contributed by atoms with Crippen LogP contribution < -0.4 is 20.1 Å². The van der Waals surface area contributed by atoms with E-state index >= 15 is 0 Å². The molecule has 7 nitrogen and oxygen atoms in total. The van der Waals surface area contributed by atoms with E-state index < -0.39 is 0 Å². The molecular formula is C23H28Cl2N4O3. The van der Waals surface area contributed by atoms with Crippen molar-refractivity contribution >= 4 is 52.2 Å². The minimum absolute atomic E-state index is 0. The number of benzene rings is 2. The van der Waals surface area contributed by atoms with Crippen LogP contribution in [-0.2, 0) is 0 Å². The maximum absolute atomic E-state index is 13.4. The average Bonchev–Trinajstić information content (AvgIpc) is 3.32. The second-order valence-corrected chi connectivity index (χ2v) is 8.32. The van der Waals surface area contributed by atoms with E-state index in [2.05, 4.69) is 4.98 Å². The number of methoxy groups -OCH3 is 1. The maximum Gasteiger partial charge on any atom is 0.274 e. The number of ether oxygens (including phenoxy) is 2. The number of alkyl halides is 1. The molecule has 2 aromatic carbocycles. The van der Waals surface area contributed by atoms with Crippen molar-refractivity contribution in [1.82, 2.24) is 9.88 Å². The molecule has 0 saturated carbocycles. The Balaban J connectivity index is 0.00000289. The van der Waals surface area contributed by atoms with Crippen LogP contribution in [0.5, 0.6) is 11.5 Å². The van der Waals surface area contributed by atoms with Gasteiger partial charge in [-0.05, 0) is 43.9 Å². The molecule has 0 aliphatic carbocycles. The number of nitrogens with two attached hydrogens (primary N) is 1. The van der Waals surface area contributed by atoms with Crippen molar-refractivity contribution in [2.24, 2.45) is 0 Å². The second kappa shape index (κ2) is 9.90. The third-order valence-corrected chi connectivity index (χ3v) is 5.92. The fraction of sp³-hybridized carbons (Fsp3) is 0.348. The summed E-state index contributed by atoms with van der Waals surface area (Å²) in [6, 6.07) is 11.2. The van der Waals surface area contributed by atoms with Crippen LogP contribution in [0.15, 0.2) is 36.4 Å². The number of hydrogen-bond acceptors (Lipinski definition) is 5. The van der Waals surface area contributed by atoms with Crippen molar-refractivity contribution in [1.29, 1.82) is 0 Å². The van der Waals surface area contributed by atoms with Gasteiger partial charge in [-0.1, -0.05) is 6.07 Å². The Bertz CT molecular complexity index is 1120. The Labute approximate surface area is 198 Å². The van der Waals surface area contributed by atoms with Gasteiger partial charge >= 0.3 is 0 Å². The number of carbonyl (C=O) groups excluding carboxylic acids is 1. The Kier molecular flexibility index (Phi) is 7.44. The molecule has 3 aromatic rings. The van der Waals surface area contributed by atoms with Crippen LogP contribution in [0.1, 0.15) is 22.0 Å². The third-order valence-electron chi connectivity index (χ3n) is 5.55. The number of anilines is 2. The first-order valence-electron chi connectivity index (χ1n) is 10.2. The van der Waals surface area contributed by atoms with Crippen molar-refractivity contribution in [3.63, 3.8) is 0 Å². The number of fused-ring (bicyclic) bond motifs is 2. The third kappa shape index (κ3) is 4.60. The molecule has 1 aliphatic heterocycles. The van der Waals surface area contributed by atoms with Crippen LogP contribution in [0.3, 0.4) is 0 Å². The Morgan fingerprint density at radius 2 is 2.03 bits per heavy atom. The standard InChI is InChI=1S/C23H27ClN4O3.ClH/c1-27(2)6-7-31-22-11-18-14(9-21(22)30-3)8-19(26-18)23(29)28-13-15(12-24)17-5-4-16(25)10-20(17)28;/h4-5,8-11,15,26H,6-7,12-13,25H2,1-3H3;1H. The van der Waals surface area contributed by atoms with Gasteiger partial charge in [-0.25, -0.2) is 0 Å². The first-order chi connectivity index (χ1) is 14.9. The van der Waals surface area contributed by atoms with E-state index in [1.165, 1.54) is 0 Å². The van der Waals surface area contributed by atoms with Gasteiger partial charge in [0.1, 0.15) is 12.3 Å². The van der Waals surface area contributed by atoms with Crippen LogP contribution >= 0.6 is 24.0 Å². The predicted molar refractivity (Wildman–Crippen MR) is 132 cm³/mol. The summed E-state index contributed by atoms with van der Waals surface area (Å²) in [6.07, 6.45) is 0. The lowest BCUT2D eigenvalue weighted by atomic mass is 10.0. The molecule has 3 N–H and O–H groups in total. The average molecular weight is 479 g/mol. The predicted octanol–water partition coefficient (Wildman–Crippen LogP) is 4.10. The highest BCUT2D eigenvalue weighted by Gasteiger charge is 2.33. The fourth-order valence-corrected chi connectivity index (χ4v) is 4.16. The molecule has 1 unspecified atom stereocenters. The van der Waals surface area contributed by atoms with Crippen molar-refractivity contribution in [3.8, 4) is 11.5 Å². The van der Waals surface area contributed by atoms with Gasteiger partial charge in [0.05, 0.1) is 7.11 Å². The maximum atomic E-state index is 13.4. The molecule has 0 spiro atoms. The monoisotopic (exact) mass is 478 g/mol. The fourth-order valence-electron chi connectivity index (χ4n) is 3.89. The van der Waals surface area contributed by atoms with Crippen LogP contribution in [0, 0.1) is 0 Å². The second-order valence-electron chi connectivity index (χ2n) is 8.01. The van der Waals surface area contributed by atoms with E-state index in [-0.39, 0.29) is 24.2 Å². The van der Waals surface area contributed by atoms with Crippen molar-refractivity contribution in [2.45, 2.75) is 5.92 Å². The Morgan fingerprint density at radius 1 is 1.25 bits per heavy atom. The molecule has 0 saturated heterocycles. The molecule has 2 heterocycles. The summed E-state index contributed by atoms with van der Waals surface area (Å²) in [5.74, 6) is 1.68. The first kappa shape index (κ1) is 24.0. The van der Waals surface area contributed by atoms with E-state index in [9.17, 15) is 4.79 Å². The zero-order valence-corrected chi connectivity index (χ0v) is 19.9. The van der Waals surface area contributed by atoms with E-state index in [1.54, 1.807) is 12.0 Å². The number of nitrogens with one attached hydrogen (secondary N) is 1. The lowest BCUT2D eigenvalue weighted by molar-refractivity contribution is 0.0984. The number of aromatic amines is 1. The highest BCUT2D eigenvalue weighted by Crippen LogP contribution is 2.39. The van der Waals surface area contributed by atoms with E-state index in [0.717, 1.165) is 28.7 Å². The quantitative estimate of drug-likeness (QED) is 0.394. The highest BCUT2D eigenvalue weighted by molar-refractivity contribution is 6.19. The molecule has 1 aliphatic rings. The van der Waals surface area contributed by atoms with Gasteiger partial charge in [0.15, 0.2) is 11.5 Å². The number of likely N-dealkylation sites (N-methyl/N-ethyl adjacent to an activating group) is 1.